The van der Waals surface area contributed by atoms with Crippen LogP contribution < -0.4 is 0 Å². The van der Waals surface area contributed by atoms with Crippen molar-refractivity contribution in [3.8, 4) is 0 Å². The second-order valence-corrected chi connectivity index (χ2v) is 0.716. The first-order valence-electron chi connectivity index (χ1n) is 2.51. The molecule has 46 valence electrons. The number of methoxy groups -OCH3 is 1. The molecule has 1 N–H and O–H groups in total. The van der Waals surface area contributed by atoms with Gasteiger partial charge in [0.05, 0.1) is 13.2 Å². The zero-order valence-corrected chi connectivity index (χ0v) is 5.27. The normalized spacial score (nSPS) is 6.86. The Kier molecular flexibility index (Phi) is 24.1. The van der Waals surface area contributed by atoms with Crippen molar-refractivity contribution in [1.82, 2.24) is 0 Å². The first-order valence-corrected chi connectivity index (χ1v) is 2.51. The molecule has 0 amide bonds. The summed E-state index contributed by atoms with van der Waals surface area (Å²) in [6.07, 6.45) is 0. The van der Waals surface area contributed by atoms with Gasteiger partial charge in [-0.05, 0) is 0 Å². The molecule has 0 fully saturated rings. The largest absolute Gasteiger partial charge is 0.394 e. The predicted octanol–water partition coefficient (Wildman–Crippen LogP) is 0.651. The molecule has 0 saturated carbocycles. The van der Waals surface area contributed by atoms with Crippen molar-refractivity contribution < 1.29 is 9.84 Å². The molecular formula is C5H14O2. The van der Waals surface area contributed by atoms with Crippen LogP contribution in [0.1, 0.15) is 13.8 Å². The van der Waals surface area contributed by atoms with E-state index in [2.05, 4.69) is 4.74 Å². The second-order valence-electron chi connectivity index (χ2n) is 0.716. The summed E-state index contributed by atoms with van der Waals surface area (Å²) in [6, 6.07) is 0. The Labute approximate surface area is 45.1 Å². The Balaban J connectivity index is 0. The molecule has 0 unspecified atom stereocenters. The topological polar surface area (TPSA) is 29.5 Å². The van der Waals surface area contributed by atoms with Crippen LogP contribution in [0.4, 0.5) is 0 Å². The minimum Gasteiger partial charge on any atom is -0.394 e. The predicted molar refractivity (Wildman–Crippen MR) is 30.3 cm³/mol. The number of aliphatic hydroxyl groups is 1. The average Bonchev–Trinajstić information content (AvgIpc) is 1.75. The van der Waals surface area contributed by atoms with Gasteiger partial charge in [-0.1, -0.05) is 13.8 Å². The molecule has 0 radical (unpaired) electrons. The van der Waals surface area contributed by atoms with Crippen LogP contribution in [-0.2, 0) is 4.74 Å². The summed E-state index contributed by atoms with van der Waals surface area (Å²) in [7, 11) is 1.55. The zero-order chi connectivity index (χ0) is 6.12. The molecule has 0 aliphatic heterocycles. The lowest BCUT2D eigenvalue weighted by Gasteiger charge is -1.84. The molecule has 2 nitrogen and oxygen atoms in total. The Morgan fingerprint density at radius 1 is 1.43 bits per heavy atom. The molecule has 0 aromatic heterocycles. The molecule has 0 spiro atoms. The maximum atomic E-state index is 7.94. The smallest absolute Gasteiger partial charge is 0.0693 e. The Bertz CT molecular complexity index is 13.6. The molecule has 7 heavy (non-hydrogen) atoms. The molecule has 0 aromatic rings. The van der Waals surface area contributed by atoms with Crippen molar-refractivity contribution in [2.75, 3.05) is 20.3 Å². The molecule has 0 heterocycles. The maximum Gasteiger partial charge on any atom is 0.0693 e. The quantitative estimate of drug-likeness (QED) is 0.560. The van der Waals surface area contributed by atoms with Crippen LogP contribution >= 0.6 is 0 Å². The van der Waals surface area contributed by atoms with Crippen LogP contribution in [0.3, 0.4) is 0 Å². The van der Waals surface area contributed by atoms with Gasteiger partial charge in [0.2, 0.25) is 0 Å². The summed E-state index contributed by atoms with van der Waals surface area (Å²) in [5.41, 5.74) is 0. The minimum atomic E-state index is 0.122. The third-order valence-corrected chi connectivity index (χ3v) is 0.295. The van der Waals surface area contributed by atoms with Crippen LogP contribution in [0.2, 0.25) is 0 Å². The van der Waals surface area contributed by atoms with Crippen molar-refractivity contribution in [2.24, 2.45) is 0 Å². The highest BCUT2D eigenvalue weighted by Crippen LogP contribution is 1.56. The Hall–Kier alpha value is -0.0800. The summed E-state index contributed by atoms with van der Waals surface area (Å²) < 4.78 is 4.44. The summed E-state index contributed by atoms with van der Waals surface area (Å²) >= 11 is 0. The minimum absolute atomic E-state index is 0.122. The second kappa shape index (κ2) is 16.8. The molecule has 0 aliphatic carbocycles. The van der Waals surface area contributed by atoms with E-state index in [1.54, 1.807) is 7.11 Å². The zero-order valence-electron chi connectivity index (χ0n) is 5.27. The fourth-order valence-corrected chi connectivity index (χ4v) is 0.0913. The van der Waals surface area contributed by atoms with Crippen LogP contribution in [0.25, 0.3) is 0 Å². The summed E-state index contributed by atoms with van der Waals surface area (Å²) in [6.45, 7) is 4.57. The van der Waals surface area contributed by atoms with Gasteiger partial charge in [-0.2, -0.15) is 0 Å². The van der Waals surface area contributed by atoms with Gasteiger partial charge in [0.1, 0.15) is 0 Å². The lowest BCUT2D eigenvalue weighted by molar-refractivity contribution is 0.135. The van der Waals surface area contributed by atoms with Crippen LogP contribution in [0.5, 0.6) is 0 Å². The molecule has 0 saturated heterocycles. The Morgan fingerprint density at radius 2 is 1.86 bits per heavy atom. The highest BCUT2D eigenvalue weighted by Gasteiger charge is 1.67. The molecule has 0 rings (SSSR count). The van der Waals surface area contributed by atoms with Gasteiger partial charge in [0.25, 0.3) is 0 Å². The fraction of sp³-hybridized carbons (Fsp3) is 1.00. The van der Waals surface area contributed by atoms with Crippen molar-refractivity contribution in [3.05, 3.63) is 0 Å². The lowest BCUT2D eigenvalue weighted by atomic mass is 10.8. The van der Waals surface area contributed by atoms with E-state index in [1.807, 2.05) is 13.8 Å². The third kappa shape index (κ3) is 24.7. The molecule has 0 aliphatic rings. The molecular weight excluding hydrogens is 92.1 g/mol. The van der Waals surface area contributed by atoms with Crippen molar-refractivity contribution in [3.63, 3.8) is 0 Å². The van der Waals surface area contributed by atoms with Gasteiger partial charge in [-0.15, -0.1) is 0 Å². The number of ether oxygens (including phenoxy) is 1. The van der Waals surface area contributed by atoms with E-state index in [0.29, 0.717) is 6.61 Å². The number of hydrogen-bond donors (Lipinski definition) is 1. The highest BCUT2D eigenvalue weighted by molar-refractivity contribution is 4.12. The van der Waals surface area contributed by atoms with Crippen molar-refractivity contribution in [2.45, 2.75) is 13.8 Å². The van der Waals surface area contributed by atoms with Crippen LogP contribution in [0.15, 0.2) is 0 Å². The van der Waals surface area contributed by atoms with Gasteiger partial charge >= 0.3 is 0 Å². The highest BCUT2D eigenvalue weighted by atomic mass is 16.5. The Morgan fingerprint density at radius 3 is 1.86 bits per heavy atom. The number of hydrogen-bond acceptors (Lipinski definition) is 2. The van der Waals surface area contributed by atoms with Gasteiger partial charge in [-0.25, -0.2) is 0 Å². The van der Waals surface area contributed by atoms with Gasteiger partial charge in [-0.3, -0.25) is 0 Å². The maximum absolute atomic E-state index is 7.94. The van der Waals surface area contributed by atoms with Crippen molar-refractivity contribution >= 4 is 0 Å². The van der Waals surface area contributed by atoms with E-state index in [-0.39, 0.29) is 6.61 Å². The lowest BCUT2D eigenvalue weighted by Crippen LogP contribution is -1.91. The van der Waals surface area contributed by atoms with E-state index in [0.717, 1.165) is 0 Å². The van der Waals surface area contributed by atoms with Crippen molar-refractivity contribution in [1.29, 1.82) is 0 Å². The van der Waals surface area contributed by atoms with Crippen LogP contribution in [0, 0.1) is 0 Å². The monoisotopic (exact) mass is 106 g/mol. The van der Waals surface area contributed by atoms with Crippen LogP contribution in [-0.4, -0.2) is 25.4 Å². The van der Waals surface area contributed by atoms with Gasteiger partial charge < -0.3 is 9.84 Å². The number of rotatable bonds is 2. The van der Waals surface area contributed by atoms with Gasteiger partial charge in [0, 0.05) is 7.11 Å². The fourth-order valence-electron chi connectivity index (χ4n) is 0.0913. The molecule has 2 heteroatoms. The first kappa shape index (κ1) is 10.0. The van der Waals surface area contributed by atoms with E-state index in [4.69, 9.17) is 5.11 Å². The SMILES string of the molecule is CC.COCCO. The molecule has 0 atom stereocenters. The van der Waals surface area contributed by atoms with E-state index >= 15 is 0 Å². The van der Waals surface area contributed by atoms with Gasteiger partial charge in [0.15, 0.2) is 0 Å². The molecule has 0 bridgehead atoms. The first-order chi connectivity index (χ1) is 3.41. The standard InChI is InChI=1S/C3H8O2.C2H6/c1-5-3-2-4;1-2/h4H,2-3H2,1H3;1-2H3. The number of aliphatic hydroxyl groups excluding tert-OH is 1. The van der Waals surface area contributed by atoms with E-state index in [1.165, 1.54) is 0 Å². The average molecular weight is 106 g/mol. The third-order valence-electron chi connectivity index (χ3n) is 0.295. The summed E-state index contributed by atoms with van der Waals surface area (Å²) in [5.74, 6) is 0. The molecule has 0 aromatic carbocycles. The van der Waals surface area contributed by atoms with E-state index < -0.39 is 0 Å². The summed E-state index contributed by atoms with van der Waals surface area (Å²) in [4.78, 5) is 0. The summed E-state index contributed by atoms with van der Waals surface area (Å²) in [5, 5.41) is 7.94. The van der Waals surface area contributed by atoms with E-state index in [9.17, 15) is 0 Å².